The molecule has 0 heterocycles. The average Bonchev–Trinajstić information content (AvgIpc) is 3.15. The molecule has 4 aliphatic carbocycles. The molecular weight excluding hydrogens is 446 g/mol. The van der Waals surface area contributed by atoms with Gasteiger partial charge in [-0.05, 0) is 52.8 Å². The number of benzene rings is 2. The molecule has 0 unspecified atom stereocenters. The predicted octanol–water partition coefficient (Wildman–Crippen LogP) is 3.91. The van der Waals surface area contributed by atoms with Gasteiger partial charge in [-0.1, -0.05) is 24.3 Å². The van der Waals surface area contributed by atoms with Crippen molar-refractivity contribution < 1.29 is 28.5 Å². The van der Waals surface area contributed by atoms with E-state index in [4.69, 9.17) is 18.9 Å². The van der Waals surface area contributed by atoms with Gasteiger partial charge in [-0.15, -0.1) is 0 Å². The Balaban J connectivity index is 1.91. The van der Waals surface area contributed by atoms with Gasteiger partial charge in [0.15, 0.2) is 17.3 Å². The fourth-order valence-electron chi connectivity index (χ4n) is 5.95. The number of ether oxygens (including phenoxy) is 4. The van der Waals surface area contributed by atoms with Crippen molar-refractivity contribution in [3.05, 3.63) is 70.0 Å². The van der Waals surface area contributed by atoms with Crippen LogP contribution in [0.3, 0.4) is 0 Å². The number of aryl methyl sites for hydroxylation is 1. The number of hydrogen-bond donors (Lipinski definition) is 1. The third-order valence-corrected chi connectivity index (χ3v) is 7.25. The van der Waals surface area contributed by atoms with E-state index in [0.717, 1.165) is 33.4 Å². The molecule has 0 saturated heterocycles. The lowest BCUT2D eigenvalue weighted by Crippen LogP contribution is -2.39. The molecule has 3 atom stereocenters. The van der Waals surface area contributed by atoms with Crippen LogP contribution in [-0.4, -0.2) is 46.2 Å². The van der Waals surface area contributed by atoms with Crippen LogP contribution in [0.25, 0.3) is 5.57 Å². The molecule has 2 bridgehead atoms. The number of methoxy groups -OCH3 is 4. The van der Waals surface area contributed by atoms with Gasteiger partial charge in [0.1, 0.15) is 0 Å². The summed E-state index contributed by atoms with van der Waals surface area (Å²) >= 11 is 0. The molecule has 6 rings (SSSR count). The van der Waals surface area contributed by atoms with Crippen LogP contribution in [0.5, 0.6) is 17.2 Å². The molecule has 0 aliphatic heterocycles. The van der Waals surface area contributed by atoms with Crippen molar-refractivity contribution in [3.63, 3.8) is 0 Å². The Bertz CT molecular complexity index is 1290. The Morgan fingerprint density at radius 3 is 2.31 bits per heavy atom. The first-order valence-corrected chi connectivity index (χ1v) is 11.7. The standard InChI is InChI=1S/C28H29NO6/c1-14(30)29-19-11-10-15-12-21(33-3)27(34-4)28(35-5)22(15)23-18-13-20(32-2)26(31)24(25(19)23)17-9-7-6-8-16(17)18/h6-9,12-13,18-19,24H,10-11H2,1-5H3,(H,29,30)/t18-,19+,24+/m1/s1. The molecule has 0 radical (unpaired) electrons. The minimum atomic E-state index is -0.577. The highest BCUT2D eigenvalue weighted by Gasteiger charge is 2.47. The van der Waals surface area contributed by atoms with Gasteiger partial charge >= 0.3 is 0 Å². The molecule has 35 heavy (non-hydrogen) atoms. The lowest BCUT2D eigenvalue weighted by atomic mass is 9.69. The summed E-state index contributed by atoms with van der Waals surface area (Å²) in [4.78, 5) is 26.2. The molecule has 2 aromatic carbocycles. The normalized spacial score (nSPS) is 22.1. The van der Waals surface area contributed by atoms with Gasteiger partial charge in [-0.3, -0.25) is 9.59 Å². The van der Waals surface area contributed by atoms with E-state index in [-0.39, 0.29) is 23.7 Å². The number of rotatable bonds is 5. The topological polar surface area (TPSA) is 83.1 Å². The molecule has 7 heteroatoms. The Morgan fingerprint density at radius 1 is 0.971 bits per heavy atom. The maximum atomic E-state index is 13.9. The van der Waals surface area contributed by atoms with Crippen molar-refractivity contribution in [1.29, 1.82) is 0 Å². The zero-order valence-corrected chi connectivity index (χ0v) is 20.6. The Morgan fingerprint density at radius 2 is 1.69 bits per heavy atom. The fraction of sp³-hybridized carbons (Fsp3) is 0.357. The van der Waals surface area contributed by atoms with Crippen molar-refractivity contribution in [2.45, 2.75) is 37.6 Å². The summed E-state index contributed by atoms with van der Waals surface area (Å²) in [6, 6.07) is 9.65. The second-order valence-corrected chi connectivity index (χ2v) is 8.98. The largest absolute Gasteiger partial charge is 0.493 e. The van der Waals surface area contributed by atoms with Crippen LogP contribution in [0.1, 0.15) is 47.4 Å². The minimum Gasteiger partial charge on any atom is -0.493 e. The number of fused-ring (bicyclic) bond motifs is 2. The minimum absolute atomic E-state index is 0.106. The van der Waals surface area contributed by atoms with Gasteiger partial charge in [-0.2, -0.15) is 0 Å². The van der Waals surface area contributed by atoms with E-state index in [1.807, 2.05) is 30.3 Å². The van der Waals surface area contributed by atoms with E-state index in [2.05, 4.69) is 11.4 Å². The highest BCUT2D eigenvalue weighted by Crippen LogP contribution is 2.58. The predicted molar refractivity (Wildman–Crippen MR) is 131 cm³/mol. The summed E-state index contributed by atoms with van der Waals surface area (Å²) < 4.78 is 22.9. The lowest BCUT2D eigenvalue weighted by molar-refractivity contribution is -0.121. The molecule has 182 valence electrons. The highest BCUT2D eigenvalue weighted by molar-refractivity contribution is 6.07. The van der Waals surface area contributed by atoms with Crippen molar-refractivity contribution in [1.82, 2.24) is 5.32 Å². The average molecular weight is 476 g/mol. The first-order valence-electron chi connectivity index (χ1n) is 11.7. The summed E-state index contributed by atoms with van der Waals surface area (Å²) in [5.41, 5.74) is 5.74. The zero-order valence-electron chi connectivity index (χ0n) is 20.6. The number of allylic oxidation sites excluding steroid dienone is 3. The smallest absolute Gasteiger partial charge is 0.217 e. The van der Waals surface area contributed by atoms with E-state index in [9.17, 15) is 9.59 Å². The number of hydrogen-bond acceptors (Lipinski definition) is 6. The molecule has 0 fully saturated rings. The van der Waals surface area contributed by atoms with Crippen LogP contribution in [0, 0.1) is 0 Å². The van der Waals surface area contributed by atoms with Gasteiger partial charge in [-0.25, -0.2) is 0 Å². The van der Waals surface area contributed by atoms with Crippen molar-refractivity contribution in [2.24, 2.45) is 0 Å². The summed E-state index contributed by atoms with van der Waals surface area (Å²) in [6.45, 7) is 1.51. The van der Waals surface area contributed by atoms with Crippen molar-refractivity contribution in [3.8, 4) is 17.2 Å². The van der Waals surface area contributed by atoms with Crippen LogP contribution in [0.2, 0.25) is 0 Å². The lowest BCUT2D eigenvalue weighted by Gasteiger charge is -2.36. The Kier molecular flexibility index (Phi) is 5.79. The number of amides is 1. The van der Waals surface area contributed by atoms with E-state index < -0.39 is 5.92 Å². The van der Waals surface area contributed by atoms with Crippen LogP contribution in [-0.2, 0) is 20.7 Å². The summed E-state index contributed by atoms with van der Waals surface area (Å²) in [5, 5.41) is 3.13. The van der Waals surface area contributed by atoms with E-state index >= 15 is 0 Å². The maximum absolute atomic E-state index is 13.9. The molecule has 2 aromatic rings. The first kappa shape index (κ1) is 23.0. The van der Waals surface area contributed by atoms with E-state index in [1.165, 1.54) is 14.0 Å². The van der Waals surface area contributed by atoms with Gasteiger partial charge in [0.05, 0.1) is 40.4 Å². The first-order chi connectivity index (χ1) is 16.9. The van der Waals surface area contributed by atoms with Crippen LogP contribution in [0.4, 0.5) is 0 Å². The van der Waals surface area contributed by atoms with Crippen LogP contribution < -0.4 is 19.5 Å². The molecular formula is C28H29NO6. The Hall–Kier alpha value is -3.74. The second kappa shape index (κ2) is 8.80. The maximum Gasteiger partial charge on any atom is 0.217 e. The van der Waals surface area contributed by atoms with Gasteiger partial charge in [0, 0.05) is 18.4 Å². The number of Topliss-reactive ketones (excluding diaryl/α,β-unsaturated/α-hetero) is 1. The summed E-state index contributed by atoms with van der Waals surface area (Å²) in [7, 11) is 6.32. The number of carbonyl (C=O) groups is 2. The summed E-state index contributed by atoms with van der Waals surface area (Å²) in [6.07, 6.45) is 3.19. The highest BCUT2D eigenvalue weighted by atomic mass is 16.5. The van der Waals surface area contributed by atoms with E-state index in [1.54, 1.807) is 21.3 Å². The van der Waals surface area contributed by atoms with Crippen molar-refractivity contribution >= 4 is 17.3 Å². The van der Waals surface area contributed by atoms with Gasteiger partial charge in [0.25, 0.3) is 0 Å². The third kappa shape index (κ3) is 3.40. The molecule has 0 saturated carbocycles. The molecule has 1 amide bonds. The van der Waals surface area contributed by atoms with E-state index in [0.29, 0.717) is 35.8 Å². The van der Waals surface area contributed by atoms with Crippen molar-refractivity contribution in [2.75, 3.05) is 28.4 Å². The van der Waals surface area contributed by atoms with Gasteiger partial charge < -0.3 is 24.3 Å². The summed E-state index contributed by atoms with van der Waals surface area (Å²) in [5.74, 6) is 0.863. The van der Waals surface area contributed by atoms with Crippen LogP contribution >= 0.6 is 0 Å². The molecule has 0 aromatic heterocycles. The monoisotopic (exact) mass is 475 g/mol. The number of ketones is 1. The number of nitrogens with one attached hydrogen (secondary N) is 1. The second-order valence-electron chi connectivity index (χ2n) is 8.98. The molecule has 4 aliphatic rings. The fourth-order valence-corrected chi connectivity index (χ4v) is 5.95. The van der Waals surface area contributed by atoms with Gasteiger partial charge in [0.2, 0.25) is 17.4 Å². The third-order valence-electron chi connectivity index (χ3n) is 7.25. The Labute approximate surface area is 204 Å². The number of carbonyl (C=O) groups excluding carboxylic acids is 2. The SMILES string of the molecule is COC1=C[C@H]2C3=C([C@@H](C1=O)c1ccccc12)[C@@H](NC(C)=O)CCc1cc(OC)c(OC)c(OC)c13. The molecule has 1 N–H and O–H groups in total. The molecule has 0 spiro atoms. The van der Waals surface area contributed by atoms with Crippen LogP contribution in [0.15, 0.2) is 47.7 Å². The quantitative estimate of drug-likeness (QED) is 0.706. The molecule has 7 nitrogen and oxygen atoms in total. The zero-order chi connectivity index (χ0) is 24.9.